The molecule has 3 rings (SSSR count). The average molecular weight is 619 g/mol. The van der Waals surface area contributed by atoms with E-state index in [2.05, 4.69) is 21.2 Å². The topological polar surface area (TPSA) is 86.8 Å². The summed E-state index contributed by atoms with van der Waals surface area (Å²) in [5.74, 6) is -0.806. The smallest absolute Gasteiger partial charge is 0.244 e. The lowest BCUT2D eigenvalue weighted by atomic mass is 9.95. The van der Waals surface area contributed by atoms with E-state index in [1.807, 2.05) is 24.3 Å². The number of carbonyl (C=O) groups is 2. The van der Waals surface area contributed by atoms with E-state index in [4.69, 9.17) is 23.2 Å². The zero-order valence-electron chi connectivity index (χ0n) is 20.2. The van der Waals surface area contributed by atoms with Crippen molar-refractivity contribution in [3.8, 4) is 0 Å². The second-order valence-electron chi connectivity index (χ2n) is 9.04. The van der Waals surface area contributed by atoms with Crippen molar-refractivity contribution < 1.29 is 18.0 Å². The van der Waals surface area contributed by atoms with Gasteiger partial charge in [0, 0.05) is 22.1 Å². The summed E-state index contributed by atoms with van der Waals surface area (Å²) >= 11 is 15.8. The van der Waals surface area contributed by atoms with Crippen LogP contribution in [0.15, 0.2) is 46.9 Å². The van der Waals surface area contributed by atoms with Crippen LogP contribution in [-0.2, 0) is 26.2 Å². The molecule has 2 aromatic carbocycles. The molecule has 0 saturated heterocycles. The van der Waals surface area contributed by atoms with Crippen LogP contribution in [0.3, 0.4) is 0 Å². The molecule has 1 N–H and O–H groups in total. The molecule has 36 heavy (non-hydrogen) atoms. The number of nitrogens with zero attached hydrogens (tertiary/aromatic N) is 2. The normalized spacial score (nSPS) is 15.2. The Kier molecular flexibility index (Phi) is 10.1. The van der Waals surface area contributed by atoms with E-state index < -0.39 is 28.5 Å². The second kappa shape index (κ2) is 12.6. The monoisotopic (exact) mass is 617 g/mol. The molecule has 196 valence electrons. The van der Waals surface area contributed by atoms with Gasteiger partial charge in [-0.05, 0) is 55.7 Å². The minimum Gasteiger partial charge on any atom is -0.352 e. The van der Waals surface area contributed by atoms with Crippen LogP contribution >= 0.6 is 39.1 Å². The molecule has 2 aromatic rings. The first-order chi connectivity index (χ1) is 17.0. The lowest BCUT2D eigenvalue weighted by molar-refractivity contribution is -0.139. The maximum atomic E-state index is 13.6. The maximum Gasteiger partial charge on any atom is 0.244 e. The quantitative estimate of drug-likeness (QED) is 0.408. The van der Waals surface area contributed by atoms with Crippen LogP contribution in [0.1, 0.15) is 44.6 Å². The Bertz CT molecular complexity index is 1210. The van der Waals surface area contributed by atoms with Crippen molar-refractivity contribution in [2.75, 3.05) is 17.1 Å². The number of benzene rings is 2. The Labute approximate surface area is 231 Å². The number of amides is 2. The fourth-order valence-corrected chi connectivity index (χ4v) is 5.99. The van der Waals surface area contributed by atoms with Gasteiger partial charge in [-0.1, -0.05) is 70.5 Å². The Balaban J connectivity index is 1.90. The molecule has 0 bridgehead atoms. The first-order valence-electron chi connectivity index (χ1n) is 11.7. The highest BCUT2D eigenvalue weighted by Crippen LogP contribution is 2.31. The van der Waals surface area contributed by atoms with Crippen molar-refractivity contribution in [2.45, 2.75) is 57.7 Å². The predicted octanol–water partition coefficient (Wildman–Crippen LogP) is 5.39. The molecule has 1 saturated carbocycles. The van der Waals surface area contributed by atoms with Gasteiger partial charge in [0.15, 0.2) is 0 Å². The summed E-state index contributed by atoms with van der Waals surface area (Å²) in [6.07, 6.45) is 6.09. The summed E-state index contributed by atoms with van der Waals surface area (Å²) in [7, 11) is -3.90. The molecule has 1 fully saturated rings. The van der Waals surface area contributed by atoms with Gasteiger partial charge in [-0.3, -0.25) is 13.9 Å². The van der Waals surface area contributed by atoms with Crippen molar-refractivity contribution >= 4 is 66.7 Å². The van der Waals surface area contributed by atoms with E-state index in [1.54, 1.807) is 6.92 Å². The zero-order chi connectivity index (χ0) is 26.5. The molecule has 0 aliphatic heterocycles. The van der Waals surface area contributed by atoms with Crippen LogP contribution < -0.4 is 9.62 Å². The van der Waals surface area contributed by atoms with Gasteiger partial charge in [0.1, 0.15) is 12.6 Å². The first kappa shape index (κ1) is 28.8. The number of anilines is 1. The van der Waals surface area contributed by atoms with Crippen LogP contribution in [-0.4, -0.2) is 50.0 Å². The fraction of sp³-hybridized carbons (Fsp3) is 0.440. The van der Waals surface area contributed by atoms with Gasteiger partial charge in [0.05, 0.1) is 17.0 Å². The lowest BCUT2D eigenvalue weighted by Gasteiger charge is -2.33. The van der Waals surface area contributed by atoms with Crippen molar-refractivity contribution in [3.05, 3.63) is 62.5 Å². The Hall–Kier alpha value is -1.81. The molecule has 0 spiro atoms. The van der Waals surface area contributed by atoms with Gasteiger partial charge in [-0.25, -0.2) is 8.42 Å². The molecule has 11 heteroatoms. The molecule has 1 atom stereocenters. The minimum absolute atomic E-state index is 0.0781. The Morgan fingerprint density at radius 2 is 1.81 bits per heavy atom. The maximum absolute atomic E-state index is 13.6. The number of rotatable bonds is 9. The number of sulfonamides is 1. The van der Waals surface area contributed by atoms with Gasteiger partial charge >= 0.3 is 0 Å². The minimum atomic E-state index is -3.90. The van der Waals surface area contributed by atoms with E-state index in [0.29, 0.717) is 0 Å². The number of nitrogens with one attached hydrogen (secondary N) is 1. The highest BCUT2D eigenvalue weighted by molar-refractivity contribution is 9.10. The zero-order valence-corrected chi connectivity index (χ0v) is 24.1. The molecule has 0 aromatic heterocycles. The van der Waals surface area contributed by atoms with Crippen LogP contribution in [0.5, 0.6) is 0 Å². The van der Waals surface area contributed by atoms with Crippen LogP contribution in [0.25, 0.3) is 0 Å². The molecule has 0 heterocycles. The molecule has 1 aliphatic rings. The summed E-state index contributed by atoms with van der Waals surface area (Å²) in [6, 6.07) is 11.1. The lowest BCUT2D eigenvalue weighted by Crippen LogP contribution is -2.53. The molecule has 1 aliphatic carbocycles. The number of hydrogen-bond donors (Lipinski definition) is 1. The number of carbonyl (C=O) groups excluding carboxylic acids is 2. The van der Waals surface area contributed by atoms with E-state index in [0.717, 1.165) is 52.7 Å². The third-order valence-electron chi connectivity index (χ3n) is 6.22. The molecule has 1 unspecified atom stereocenters. The SMILES string of the molecule is CC(C(=O)NC1CCCCC1)N(Cc1cccc(Br)c1)C(=O)CN(c1cc(Cl)ccc1Cl)S(C)(=O)=O. The van der Waals surface area contributed by atoms with Crippen LogP contribution in [0, 0.1) is 0 Å². The van der Waals surface area contributed by atoms with E-state index >= 15 is 0 Å². The van der Waals surface area contributed by atoms with Crippen LogP contribution in [0.4, 0.5) is 5.69 Å². The molecule has 2 amide bonds. The van der Waals surface area contributed by atoms with E-state index in [9.17, 15) is 18.0 Å². The van der Waals surface area contributed by atoms with E-state index in [1.165, 1.54) is 23.1 Å². The molecule has 0 radical (unpaired) electrons. The summed E-state index contributed by atoms with van der Waals surface area (Å²) < 4.78 is 27.1. The molecular formula is C25H30BrCl2N3O4S. The first-order valence-corrected chi connectivity index (χ1v) is 15.1. The molecular weight excluding hydrogens is 589 g/mol. The fourth-order valence-electron chi connectivity index (χ4n) is 4.26. The van der Waals surface area contributed by atoms with Gasteiger partial charge in [-0.15, -0.1) is 0 Å². The summed E-state index contributed by atoms with van der Waals surface area (Å²) in [6.45, 7) is 1.25. The largest absolute Gasteiger partial charge is 0.352 e. The number of halogens is 3. The third kappa shape index (κ3) is 7.84. The Morgan fingerprint density at radius 3 is 2.44 bits per heavy atom. The standard InChI is InChI=1S/C25H30BrCl2N3O4S/c1-17(25(33)29-21-9-4-3-5-10-21)30(15-18-7-6-8-19(26)13-18)24(32)16-31(36(2,34)35)23-14-20(27)11-12-22(23)28/h6-8,11-14,17,21H,3-5,9-10,15-16H2,1-2H3,(H,29,33). The van der Waals surface area contributed by atoms with Gasteiger partial charge in [0.2, 0.25) is 21.8 Å². The number of hydrogen-bond acceptors (Lipinski definition) is 4. The molecule has 7 nitrogen and oxygen atoms in total. The summed E-state index contributed by atoms with van der Waals surface area (Å²) in [5, 5.41) is 3.49. The van der Waals surface area contributed by atoms with Gasteiger partial charge in [0.25, 0.3) is 0 Å². The summed E-state index contributed by atoms with van der Waals surface area (Å²) in [4.78, 5) is 28.2. The Morgan fingerprint density at radius 1 is 1.11 bits per heavy atom. The van der Waals surface area contributed by atoms with Crippen molar-refractivity contribution in [3.63, 3.8) is 0 Å². The highest BCUT2D eigenvalue weighted by Gasteiger charge is 2.32. The summed E-state index contributed by atoms with van der Waals surface area (Å²) in [5.41, 5.74) is 0.892. The highest BCUT2D eigenvalue weighted by atomic mass is 79.9. The van der Waals surface area contributed by atoms with Gasteiger partial charge < -0.3 is 10.2 Å². The van der Waals surface area contributed by atoms with E-state index in [-0.39, 0.29) is 34.2 Å². The predicted molar refractivity (Wildman–Crippen MR) is 148 cm³/mol. The third-order valence-corrected chi connectivity index (χ3v) is 8.39. The van der Waals surface area contributed by atoms with Crippen molar-refractivity contribution in [1.29, 1.82) is 0 Å². The van der Waals surface area contributed by atoms with Gasteiger partial charge in [-0.2, -0.15) is 0 Å². The van der Waals surface area contributed by atoms with Crippen molar-refractivity contribution in [2.24, 2.45) is 0 Å². The average Bonchev–Trinajstić information content (AvgIpc) is 2.82. The second-order valence-corrected chi connectivity index (χ2v) is 12.7. The van der Waals surface area contributed by atoms with Crippen molar-refractivity contribution in [1.82, 2.24) is 10.2 Å². The van der Waals surface area contributed by atoms with Crippen LogP contribution in [0.2, 0.25) is 10.0 Å².